The van der Waals surface area contributed by atoms with E-state index in [4.69, 9.17) is 23.2 Å². The van der Waals surface area contributed by atoms with Crippen LogP contribution in [0.5, 0.6) is 0 Å². The summed E-state index contributed by atoms with van der Waals surface area (Å²) in [5.74, 6) is 0. The Morgan fingerprint density at radius 2 is 1.57 bits per heavy atom. The van der Waals surface area contributed by atoms with E-state index in [-0.39, 0.29) is 11.2 Å². The van der Waals surface area contributed by atoms with Gasteiger partial charge in [0.25, 0.3) is 0 Å². The second-order valence-electron chi connectivity index (χ2n) is 7.27. The summed E-state index contributed by atoms with van der Waals surface area (Å²) in [5.41, 5.74) is 1.58. The van der Waals surface area contributed by atoms with Gasteiger partial charge in [0.15, 0.2) is 0 Å². The molecule has 1 saturated heterocycles. The van der Waals surface area contributed by atoms with E-state index in [1.54, 1.807) is 6.20 Å². The third-order valence-corrected chi connectivity index (χ3v) is 6.38. The highest BCUT2D eigenvalue weighted by Crippen LogP contribution is 2.47. The van der Waals surface area contributed by atoms with Crippen molar-refractivity contribution in [1.82, 2.24) is 9.88 Å². The molecule has 0 unspecified atom stereocenters. The van der Waals surface area contributed by atoms with E-state index in [0.717, 1.165) is 36.1 Å². The normalized spacial score (nSPS) is 17.8. The van der Waals surface area contributed by atoms with Gasteiger partial charge in [-0.1, -0.05) is 83.9 Å². The van der Waals surface area contributed by atoms with Crippen LogP contribution in [0.25, 0.3) is 0 Å². The van der Waals surface area contributed by atoms with E-state index < -0.39 is 5.60 Å². The van der Waals surface area contributed by atoms with Gasteiger partial charge in [-0.15, -0.1) is 0 Å². The van der Waals surface area contributed by atoms with E-state index in [0.29, 0.717) is 10.6 Å². The fourth-order valence-electron chi connectivity index (χ4n) is 4.21. The predicted molar refractivity (Wildman–Crippen MR) is 114 cm³/mol. The van der Waals surface area contributed by atoms with Crippen LogP contribution >= 0.6 is 23.2 Å². The van der Waals surface area contributed by atoms with Crippen LogP contribution in [0.1, 0.15) is 41.1 Å². The van der Waals surface area contributed by atoms with Crippen LogP contribution < -0.4 is 0 Å². The Morgan fingerprint density at radius 1 is 1.00 bits per heavy atom. The highest BCUT2D eigenvalue weighted by molar-refractivity contribution is 6.41. The summed E-state index contributed by atoms with van der Waals surface area (Å²) in [4.78, 5) is 6.59. The van der Waals surface area contributed by atoms with Gasteiger partial charge >= 0.3 is 0 Å². The van der Waals surface area contributed by atoms with Crippen LogP contribution in [0.2, 0.25) is 10.2 Å². The maximum Gasteiger partial charge on any atom is 0.148 e. The lowest BCUT2D eigenvalue weighted by molar-refractivity contribution is 0.122. The molecule has 0 bridgehead atoms. The maximum atomic E-state index is 12.3. The Kier molecular flexibility index (Phi) is 5.44. The molecule has 144 valence electrons. The molecule has 28 heavy (non-hydrogen) atoms. The van der Waals surface area contributed by atoms with Gasteiger partial charge in [0, 0.05) is 17.8 Å². The topological polar surface area (TPSA) is 36.4 Å². The average Bonchev–Trinajstić information content (AvgIpc) is 3.16. The Hall–Kier alpha value is -1.91. The zero-order chi connectivity index (χ0) is 19.7. The molecular weight excluding hydrogens is 391 g/mol. The number of pyridine rings is 1. The van der Waals surface area contributed by atoms with Crippen LogP contribution in [0.3, 0.4) is 0 Å². The standard InChI is InChI=1S/C23H22Cl2N2O/c1-27-14-8-13-19(27)18-15-26-22(25)21(24)20(18)23(28,16-9-4-2-5-10-16)17-11-6-3-7-12-17/h2-7,9-12,15,19,28H,8,13-14H2,1H3/t19-/m0/s1. The second-order valence-corrected chi connectivity index (χ2v) is 8.01. The average molecular weight is 413 g/mol. The van der Waals surface area contributed by atoms with E-state index in [1.807, 2.05) is 60.7 Å². The number of aromatic nitrogens is 1. The fourth-order valence-corrected chi connectivity index (χ4v) is 4.65. The smallest absolute Gasteiger partial charge is 0.148 e. The van der Waals surface area contributed by atoms with Gasteiger partial charge in [-0.3, -0.25) is 4.90 Å². The first-order valence-corrected chi connectivity index (χ1v) is 10.2. The van der Waals surface area contributed by atoms with Crippen LogP contribution in [0, 0.1) is 0 Å². The number of likely N-dealkylation sites (tertiary alicyclic amines) is 1. The quantitative estimate of drug-likeness (QED) is 0.579. The number of rotatable bonds is 4. The molecule has 1 N–H and O–H groups in total. The van der Waals surface area contributed by atoms with E-state index in [2.05, 4.69) is 16.9 Å². The summed E-state index contributed by atoms with van der Waals surface area (Å²) in [6.07, 6.45) is 3.85. The summed E-state index contributed by atoms with van der Waals surface area (Å²) in [7, 11) is 2.09. The van der Waals surface area contributed by atoms with E-state index in [1.165, 1.54) is 0 Å². The lowest BCUT2D eigenvalue weighted by Gasteiger charge is -2.35. The van der Waals surface area contributed by atoms with Crippen molar-refractivity contribution < 1.29 is 5.11 Å². The van der Waals surface area contributed by atoms with Crippen LogP contribution in [-0.2, 0) is 5.60 Å². The number of hydrogen-bond acceptors (Lipinski definition) is 3. The number of nitrogens with zero attached hydrogens (tertiary/aromatic N) is 2. The van der Waals surface area contributed by atoms with Crippen molar-refractivity contribution in [2.75, 3.05) is 13.6 Å². The predicted octanol–water partition coefficient (Wildman–Crippen LogP) is 5.44. The molecule has 0 amide bonds. The number of benzene rings is 2. The molecule has 0 spiro atoms. The Bertz CT molecular complexity index is 924. The van der Waals surface area contributed by atoms with Gasteiger partial charge in [0.1, 0.15) is 10.8 Å². The monoisotopic (exact) mass is 412 g/mol. The highest BCUT2D eigenvalue weighted by atomic mass is 35.5. The third kappa shape index (κ3) is 3.23. The molecule has 1 aliphatic rings. The van der Waals surface area contributed by atoms with Crippen molar-refractivity contribution in [3.8, 4) is 0 Å². The summed E-state index contributed by atoms with van der Waals surface area (Å²) < 4.78 is 0. The summed E-state index contributed by atoms with van der Waals surface area (Å²) in [6.45, 7) is 0.999. The Labute approximate surface area is 175 Å². The van der Waals surface area contributed by atoms with Crippen molar-refractivity contribution in [3.63, 3.8) is 0 Å². The van der Waals surface area contributed by atoms with E-state index in [9.17, 15) is 5.11 Å². The molecule has 2 heterocycles. The Balaban J connectivity index is 2.04. The van der Waals surface area contributed by atoms with Crippen LogP contribution in [0.15, 0.2) is 66.9 Å². The SMILES string of the molecule is CN1CCC[C@H]1c1cnc(Cl)c(Cl)c1C(O)(c1ccccc1)c1ccccc1. The van der Waals surface area contributed by atoms with Crippen molar-refractivity contribution >= 4 is 23.2 Å². The minimum atomic E-state index is -1.44. The van der Waals surface area contributed by atoms with Crippen LogP contribution in [0.4, 0.5) is 0 Å². The molecule has 1 aromatic heterocycles. The molecule has 5 heteroatoms. The molecule has 3 aromatic rings. The molecule has 2 aromatic carbocycles. The van der Waals surface area contributed by atoms with Gasteiger partial charge in [0.2, 0.25) is 0 Å². The number of aliphatic hydroxyl groups is 1. The highest BCUT2D eigenvalue weighted by Gasteiger charge is 2.41. The lowest BCUT2D eigenvalue weighted by Crippen LogP contribution is -2.32. The van der Waals surface area contributed by atoms with Gasteiger partial charge < -0.3 is 5.11 Å². The first kappa shape index (κ1) is 19.4. The minimum absolute atomic E-state index is 0.135. The molecule has 1 fully saturated rings. The van der Waals surface area contributed by atoms with Gasteiger partial charge in [-0.2, -0.15) is 0 Å². The molecule has 0 saturated carbocycles. The zero-order valence-electron chi connectivity index (χ0n) is 15.6. The first-order chi connectivity index (χ1) is 13.5. The maximum absolute atomic E-state index is 12.3. The molecule has 1 aliphatic heterocycles. The largest absolute Gasteiger partial charge is 0.376 e. The van der Waals surface area contributed by atoms with Gasteiger partial charge in [-0.25, -0.2) is 4.98 Å². The second kappa shape index (κ2) is 7.84. The van der Waals surface area contributed by atoms with Gasteiger partial charge in [0.05, 0.1) is 5.02 Å². The fraction of sp³-hybridized carbons (Fsp3) is 0.261. The molecular formula is C23H22Cl2N2O. The Morgan fingerprint density at radius 3 is 2.07 bits per heavy atom. The van der Waals surface area contributed by atoms with E-state index >= 15 is 0 Å². The summed E-state index contributed by atoms with van der Waals surface area (Å²) in [6, 6.07) is 19.3. The van der Waals surface area contributed by atoms with Crippen molar-refractivity contribution in [2.45, 2.75) is 24.5 Å². The zero-order valence-corrected chi connectivity index (χ0v) is 17.2. The molecule has 1 atom stereocenters. The lowest BCUT2D eigenvalue weighted by atomic mass is 9.77. The summed E-state index contributed by atoms with van der Waals surface area (Å²) in [5, 5.41) is 12.8. The van der Waals surface area contributed by atoms with Crippen molar-refractivity contribution in [1.29, 1.82) is 0 Å². The van der Waals surface area contributed by atoms with Gasteiger partial charge in [-0.05, 0) is 43.1 Å². The molecule has 0 aliphatic carbocycles. The number of hydrogen-bond donors (Lipinski definition) is 1. The molecule has 3 nitrogen and oxygen atoms in total. The molecule has 4 rings (SSSR count). The van der Waals surface area contributed by atoms with Crippen molar-refractivity contribution in [3.05, 3.63) is 99.3 Å². The summed E-state index contributed by atoms with van der Waals surface area (Å²) >= 11 is 13.1. The van der Waals surface area contributed by atoms with Crippen LogP contribution in [-0.4, -0.2) is 28.6 Å². The first-order valence-electron chi connectivity index (χ1n) is 9.41. The van der Waals surface area contributed by atoms with Crippen molar-refractivity contribution in [2.24, 2.45) is 0 Å². The molecule has 0 radical (unpaired) electrons. The number of halogens is 2. The minimum Gasteiger partial charge on any atom is -0.376 e. The third-order valence-electron chi connectivity index (χ3n) is 5.63.